The first kappa shape index (κ1) is 17.0. The van der Waals surface area contributed by atoms with Crippen LogP contribution in [0.4, 0.5) is 0 Å². The first-order chi connectivity index (χ1) is 12.1. The average molecular weight is 339 g/mol. The molecule has 1 amide bonds. The van der Waals surface area contributed by atoms with Crippen LogP contribution in [-0.2, 0) is 0 Å². The molecule has 130 valence electrons. The fourth-order valence-electron chi connectivity index (χ4n) is 3.13. The van der Waals surface area contributed by atoms with Crippen LogP contribution in [0.1, 0.15) is 40.0 Å². The topological polar surface area (TPSA) is 66.8 Å². The Morgan fingerprint density at radius 2 is 1.60 bits per heavy atom. The third-order valence-electron chi connectivity index (χ3n) is 4.54. The van der Waals surface area contributed by atoms with Crippen LogP contribution in [0, 0.1) is 0 Å². The molecule has 5 heteroatoms. The van der Waals surface area contributed by atoms with Crippen molar-refractivity contribution in [1.29, 1.82) is 0 Å². The molecule has 0 radical (unpaired) electrons. The van der Waals surface area contributed by atoms with Crippen molar-refractivity contribution in [3.8, 4) is 16.9 Å². The Kier molecular flexibility index (Phi) is 5.03. The van der Waals surface area contributed by atoms with Gasteiger partial charge in [-0.1, -0.05) is 18.2 Å². The molecule has 1 N–H and O–H groups in total. The molecule has 0 unspecified atom stereocenters. The standard InChI is InChI=1S/C20H21NO4/c1-25-18-13-16(9-10-17(18)20(23)24)14-5-7-15(8-6-14)19(22)21-11-3-2-4-12-21/h5-10,13H,2-4,11-12H2,1H3,(H,23,24). The van der Waals surface area contributed by atoms with Crippen LogP contribution in [0.15, 0.2) is 42.5 Å². The maximum absolute atomic E-state index is 12.5. The lowest BCUT2D eigenvalue weighted by molar-refractivity contribution is 0.0691. The van der Waals surface area contributed by atoms with E-state index in [2.05, 4.69) is 0 Å². The first-order valence-corrected chi connectivity index (χ1v) is 8.41. The van der Waals surface area contributed by atoms with E-state index in [1.54, 1.807) is 12.1 Å². The van der Waals surface area contributed by atoms with Crippen LogP contribution in [0.25, 0.3) is 11.1 Å². The molecule has 0 bridgehead atoms. The van der Waals surface area contributed by atoms with Gasteiger partial charge in [0.15, 0.2) is 0 Å². The Balaban J connectivity index is 1.82. The lowest BCUT2D eigenvalue weighted by Crippen LogP contribution is -2.35. The molecule has 1 saturated heterocycles. The van der Waals surface area contributed by atoms with E-state index in [1.807, 2.05) is 29.2 Å². The summed E-state index contributed by atoms with van der Waals surface area (Å²) >= 11 is 0. The van der Waals surface area contributed by atoms with E-state index in [0.29, 0.717) is 11.3 Å². The number of hydrogen-bond acceptors (Lipinski definition) is 3. The number of carboxylic acid groups (broad SMARTS) is 1. The minimum atomic E-state index is -1.02. The quantitative estimate of drug-likeness (QED) is 0.922. The van der Waals surface area contributed by atoms with E-state index < -0.39 is 5.97 Å². The number of methoxy groups -OCH3 is 1. The van der Waals surface area contributed by atoms with Crippen LogP contribution in [0.2, 0.25) is 0 Å². The Hall–Kier alpha value is -2.82. The highest BCUT2D eigenvalue weighted by atomic mass is 16.5. The molecule has 0 aliphatic carbocycles. The van der Waals surface area contributed by atoms with Gasteiger partial charge in [-0.15, -0.1) is 0 Å². The second kappa shape index (κ2) is 7.38. The van der Waals surface area contributed by atoms with Gasteiger partial charge in [-0.2, -0.15) is 0 Å². The zero-order chi connectivity index (χ0) is 17.8. The SMILES string of the molecule is COc1cc(-c2ccc(C(=O)N3CCCCC3)cc2)ccc1C(=O)O. The highest BCUT2D eigenvalue weighted by Crippen LogP contribution is 2.28. The first-order valence-electron chi connectivity index (χ1n) is 8.41. The average Bonchev–Trinajstić information content (AvgIpc) is 2.67. The van der Waals surface area contributed by atoms with Crippen molar-refractivity contribution >= 4 is 11.9 Å². The van der Waals surface area contributed by atoms with E-state index in [1.165, 1.54) is 19.6 Å². The normalized spacial score (nSPS) is 14.2. The third kappa shape index (κ3) is 3.65. The molecule has 5 nitrogen and oxygen atoms in total. The van der Waals surface area contributed by atoms with E-state index >= 15 is 0 Å². The number of likely N-dealkylation sites (tertiary alicyclic amines) is 1. The molecule has 1 aliphatic rings. The smallest absolute Gasteiger partial charge is 0.339 e. The van der Waals surface area contributed by atoms with Gasteiger partial charge in [0.05, 0.1) is 7.11 Å². The monoisotopic (exact) mass is 339 g/mol. The predicted molar refractivity (Wildman–Crippen MR) is 95.1 cm³/mol. The second-order valence-corrected chi connectivity index (χ2v) is 6.15. The van der Waals surface area contributed by atoms with Crippen molar-refractivity contribution in [2.75, 3.05) is 20.2 Å². The van der Waals surface area contributed by atoms with Gasteiger partial charge in [-0.05, 0) is 54.7 Å². The molecule has 0 aromatic heterocycles. The van der Waals surface area contributed by atoms with Crippen LogP contribution < -0.4 is 4.74 Å². The van der Waals surface area contributed by atoms with Crippen LogP contribution >= 0.6 is 0 Å². The molecular formula is C20H21NO4. The summed E-state index contributed by atoms with van der Waals surface area (Å²) < 4.78 is 5.17. The minimum Gasteiger partial charge on any atom is -0.496 e. The van der Waals surface area contributed by atoms with Gasteiger partial charge >= 0.3 is 5.97 Å². The number of rotatable bonds is 4. The van der Waals surface area contributed by atoms with Gasteiger partial charge in [0.25, 0.3) is 5.91 Å². The summed E-state index contributed by atoms with van der Waals surface area (Å²) in [4.78, 5) is 25.6. The lowest BCUT2D eigenvalue weighted by Gasteiger charge is -2.26. The Morgan fingerprint density at radius 1 is 0.960 bits per heavy atom. The number of carbonyl (C=O) groups excluding carboxylic acids is 1. The van der Waals surface area contributed by atoms with Gasteiger partial charge in [-0.25, -0.2) is 4.79 Å². The largest absolute Gasteiger partial charge is 0.496 e. The number of carboxylic acids is 1. The predicted octanol–water partition coefficient (Wildman–Crippen LogP) is 3.69. The molecular weight excluding hydrogens is 318 g/mol. The van der Waals surface area contributed by atoms with Crippen molar-refractivity contribution in [2.45, 2.75) is 19.3 Å². The highest BCUT2D eigenvalue weighted by Gasteiger charge is 2.18. The minimum absolute atomic E-state index is 0.0741. The second-order valence-electron chi connectivity index (χ2n) is 6.15. The number of nitrogens with zero attached hydrogens (tertiary/aromatic N) is 1. The lowest BCUT2D eigenvalue weighted by atomic mass is 10.0. The van der Waals surface area contributed by atoms with Crippen molar-refractivity contribution in [3.63, 3.8) is 0 Å². The zero-order valence-electron chi connectivity index (χ0n) is 14.2. The van der Waals surface area contributed by atoms with Crippen molar-refractivity contribution < 1.29 is 19.4 Å². The van der Waals surface area contributed by atoms with E-state index in [0.717, 1.165) is 37.1 Å². The fraction of sp³-hybridized carbons (Fsp3) is 0.300. The summed E-state index contributed by atoms with van der Waals surface area (Å²) in [7, 11) is 1.45. The Labute approximate surface area is 146 Å². The van der Waals surface area contributed by atoms with Crippen LogP contribution in [0.5, 0.6) is 5.75 Å². The molecule has 1 aliphatic heterocycles. The van der Waals surface area contributed by atoms with Crippen LogP contribution in [-0.4, -0.2) is 42.1 Å². The molecule has 2 aromatic carbocycles. The molecule has 2 aromatic rings. The van der Waals surface area contributed by atoms with Gasteiger partial charge < -0.3 is 14.7 Å². The summed E-state index contributed by atoms with van der Waals surface area (Å²) in [5, 5.41) is 9.16. The van der Waals surface area contributed by atoms with Crippen molar-refractivity contribution in [2.24, 2.45) is 0 Å². The summed E-state index contributed by atoms with van der Waals surface area (Å²) in [5.74, 6) is -0.630. The van der Waals surface area contributed by atoms with Gasteiger partial charge in [0.1, 0.15) is 11.3 Å². The number of ether oxygens (including phenoxy) is 1. The number of amides is 1. The van der Waals surface area contributed by atoms with Gasteiger partial charge in [0, 0.05) is 18.7 Å². The molecule has 3 rings (SSSR count). The molecule has 0 saturated carbocycles. The maximum Gasteiger partial charge on any atom is 0.339 e. The zero-order valence-corrected chi connectivity index (χ0v) is 14.2. The summed E-state index contributed by atoms with van der Waals surface area (Å²) in [5.41, 5.74) is 2.56. The fourth-order valence-corrected chi connectivity index (χ4v) is 3.13. The summed E-state index contributed by atoms with van der Waals surface area (Å²) in [6, 6.07) is 12.4. The Bertz CT molecular complexity index is 777. The number of carbonyl (C=O) groups is 2. The van der Waals surface area contributed by atoms with Crippen LogP contribution in [0.3, 0.4) is 0 Å². The number of aromatic carboxylic acids is 1. The highest BCUT2D eigenvalue weighted by molar-refractivity contribution is 5.95. The summed E-state index contributed by atoms with van der Waals surface area (Å²) in [6.45, 7) is 1.66. The van der Waals surface area contributed by atoms with Crippen molar-refractivity contribution in [3.05, 3.63) is 53.6 Å². The molecule has 1 heterocycles. The van der Waals surface area contributed by atoms with E-state index in [4.69, 9.17) is 9.84 Å². The van der Waals surface area contributed by atoms with E-state index in [-0.39, 0.29) is 11.5 Å². The Morgan fingerprint density at radius 3 is 2.20 bits per heavy atom. The number of benzene rings is 2. The molecule has 1 fully saturated rings. The van der Waals surface area contributed by atoms with E-state index in [9.17, 15) is 9.59 Å². The molecule has 0 atom stereocenters. The van der Waals surface area contributed by atoms with Gasteiger partial charge in [0.2, 0.25) is 0 Å². The molecule has 0 spiro atoms. The maximum atomic E-state index is 12.5. The van der Waals surface area contributed by atoms with Gasteiger partial charge in [-0.3, -0.25) is 4.79 Å². The number of piperidine rings is 1. The third-order valence-corrected chi connectivity index (χ3v) is 4.54. The summed E-state index contributed by atoms with van der Waals surface area (Å²) in [6.07, 6.45) is 3.33. The number of hydrogen-bond donors (Lipinski definition) is 1. The molecule has 25 heavy (non-hydrogen) atoms. The van der Waals surface area contributed by atoms with Crippen molar-refractivity contribution in [1.82, 2.24) is 4.90 Å².